The van der Waals surface area contributed by atoms with Gasteiger partial charge in [0.05, 0.1) is 0 Å². The first-order valence-corrected chi connectivity index (χ1v) is 8.80. The molecule has 0 spiro atoms. The molecule has 1 saturated carbocycles. The molecule has 24 heavy (non-hydrogen) atoms. The molecule has 2 fully saturated rings. The second kappa shape index (κ2) is 6.27. The summed E-state index contributed by atoms with van der Waals surface area (Å²) in [6, 6.07) is 14.0. The Morgan fingerprint density at radius 1 is 0.875 bits per heavy atom. The van der Waals surface area contributed by atoms with Crippen molar-refractivity contribution in [3.63, 3.8) is 0 Å². The minimum absolute atomic E-state index is 0.00720. The molecule has 2 aromatic carbocycles. The SMILES string of the molecule is O=C(Nc1cccc2ccccc12)C1CCN(C(=O)C2CC2)CC1. The number of benzene rings is 2. The summed E-state index contributed by atoms with van der Waals surface area (Å²) in [6.45, 7) is 1.42. The highest BCUT2D eigenvalue weighted by Crippen LogP contribution is 2.32. The van der Waals surface area contributed by atoms with Crippen molar-refractivity contribution in [1.29, 1.82) is 0 Å². The Bertz CT molecular complexity index is 769. The molecule has 4 heteroatoms. The molecule has 0 unspecified atom stereocenters. The third-order valence-electron chi connectivity index (χ3n) is 5.15. The summed E-state index contributed by atoms with van der Waals surface area (Å²) in [4.78, 5) is 26.7. The number of piperidine rings is 1. The number of likely N-dealkylation sites (tertiary alicyclic amines) is 1. The fourth-order valence-electron chi connectivity index (χ4n) is 3.52. The van der Waals surface area contributed by atoms with E-state index in [0.717, 1.165) is 42.1 Å². The molecule has 124 valence electrons. The van der Waals surface area contributed by atoms with E-state index in [1.807, 2.05) is 47.4 Å². The molecule has 2 aromatic rings. The number of nitrogens with zero attached hydrogens (tertiary/aromatic N) is 1. The minimum Gasteiger partial charge on any atom is -0.342 e. The van der Waals surface area contributed by atoms with Crippen molar-refractivity contribution in [2.24, 2.45) is 11.8 Å². The monoisotopic (exact) mass is 322 g/mol. The van der Waals surface area contributed by atoms with Gasteiger partial charge in [-0.25, -0.2) is 0 Å². The number of anilines is 1. The summed E-state index contributed by atoms with van der Waals surface area (Å²) in [7, 11) is 0. The molecule has 2 amide bonds. The Labute approximate surface area is 141 Å². The van der Waals surface area contributed by atoms with Crippen LogP contribution in [-0.2, 0) is 9.59 Å². The zero-order chi connectivity index (χ0) is 16.5. The van der Waals surface area contributed by atoms with Gasteiger partial charge in [-0.2, -0.15) is 0 Å². The maximum absolute atomic E-state index is 12.6. The van der Waals surface area contributed by atoms with E-state index in [1.54, 1.807) is 0 Å². The number of nitrogens with one attached hydrogen (secondary N) is 1. The lowest BCUT2D eigenvalue weighted by molar-refractivity contribution is -0.135. The number of fused-ring (bicyclic) bond motifs is 1. The minimum atomic E-state index is -0.00720. The van der Waals surface area contributed by atoms with Gasteiger partial charge >= 0.3 is 0 Å². The average molecular weight is 322 g/mol. The van der Waals surface area contributed by atoms with Gasteiger partial charge in [-0.15, -0.1) is 0 Å². The molecule has 1 heterocycles. The van der Waals surface area contributed by atoms with Crippen molar-refractivity contribution in [1.82, 2.24) is 4.90 Å². The van der Waals surface area contributed by atoms with Crippen LogP contribution in [0, 0.1) is 11.8 Å². The molecule has 1 saturated heterocycles. The van der Waals surface area contributed by atoms with Crippen LogP contribution in [0.5, 0.6) is 0 Å². The number of hydrogen-bond acceptors (Lipinski definition) is 2. The highest BCUT2D eigenvalue weighted by atomic mass is 16.2. The lowest BCUT2D eigenvalue weighted by atomic mass is 9.95. The van der Waals surface area contributed by atoms with Gasteiger partial charge < -0.3 is 10.2 Å². The molecule has 0 aromatic heterocycles. The third kappa shape index (κ3) is 3.01. The van der Waals surface area contributed by atoms with Crippen molar-refractivity contribution in [2.75, 3.05) is 18.4 Å². The normalized spacial score (nSPS) is 18.6. The van der Waals surface area contributed by atoms with Gasteiger partial charge in [0.25, 0.3) is 0 Å². The third-order valence-corrected chi connectivity index (χ3v) is 5.15. The Balaban J connectivity index is 1.40. The molecule has 4 nitrogen and oxygen atoms in total. The largest absolute Gasteiger partial charge is 0.342 e. The number of hydrogen-bond donors (Lipinski definition) is 1. The zero-order valence-corrected chi connectivity index (χ0v) is 13.7. The van der Waals surface area contributed by atoms with Crippen LogP contribution in [0.2, 0.25) is 0 Å². The molecule has 1 aliphatic heterocycles. The van der Waals surface area contributed by atoms with Crippen molar-refractivity contribution < 1.29 is 9.59 Å². The first-order chi connectivity index (χ1) is 11.7. The first-order valence-electron chi connectivity index (χ1n) is 8.80. The summed E-state index contributed by atoms with van der Waals surface area (Å²) in [5.74, 6) is 0.631. The van der Waals surface area contributed by atoms with Crippen LogP contribution in [0.25, 0.3) is 10.8 Å². The summed E-state index contributed by atoms with van der Waals surface area (Å²) in [5, 5.41) is 5.28. The van der Waals surface area contributed by atoms with E-state index in [4.69, 9.17) is 0 Å². The van der Waals surface area contributed by atoms with Crippen LogP contribution in [0.3, 0.4) is 0 Å². The number of amides is 2. The zero-order valence-electron chi connectivity index (χ0n) is 13.7. The maximum Gasteiger partial charge on any atom is 0.227 e. The standard InChI is InChI=1S/C20H22N2O2/c23-19(15-10-12-22(13-11-15)20(24)16-8-9-16)21-18-7-3-5-14-4-1-2-6-17(14)18/h1-7,15-16H,8-13H2,(H,21,23). The molecule has 0 bridgehead atoms. The van der Waals surface area contributed by atoms with Crippen LogP contribution in [-0.4, -0.2) is 29.8 Å². The van der Waals surface area contributed by atoms with E-state index in [-0.39, 0.29) is 17.7 Å². The molecule has 4 rings (SSSR count). The van der Waals surface area contributed by atoms with Gasteiger partial charge in [0.15, 0.2) is 0 Å². The summed E-state index contributed by atoms with van der Waals surface area (Å²) in [5.41, 5.74) is 0.870. The number of rotatable bonds is 3. The Hall–Kier alpha value is -2.36. The molecule has 1 N–H and O–H groups in total. The predicted molar refractivity (Wildman–Crippen MR) is 94.6 cm³/mol. The second-order valence-corrected chi connectivity index (χ2v) is 6.89. The topological polar surface area (TPSA) is 49.4 Å². The van der Waals surface area contributed by atoms with E-state index < -0.39 is 0 Å². The quantitative estimate of drug-likeness (QED) is 0.941. The lowest BCUT2D eigenvalue weighted by Gasteiger charge is -2.31. The van der Waals surface area contributed by atoms with E-state index in [9.17, 15) is 9.59 Å². The molecule has 1 aliphatic carbocycles. The fourth-order valence-corrected chi connectivity index (χ4v) is 3.52. The molecule has 0 atom stereocenters. The van der Waals surface area contributed by atoms with Gasteiger partial charge in [-0.1, -0.05) is 36.4 Å². The van der Waals surface area contributed by atoms with E-state index >= 15 is 0 Å². The highest BCUT2D eigenvalue weighted by molar-refractivity contribution is 6.02. The second-order valence-electron chi connectivity index (χ2n) is 6.89. The van der Waals surface area contributed by atoms with Crippen molar-refractivity contribution in [2.45, 2.75) is 25.7 Å². The summed E-state index contributed by atoms with van der Waals surface area (Å²) >= 11 is 0. The van der Waals surface area contributed by atoms with Crippen LogP contribution in [0.1, 0.15) is 25.7 Å². The lowest BCUT2D eigenvalue weighted by Crippen LogP contribution is -2.42. The Kier molecular flexibility index (Phi) is 3.97. The molecular weight excluding hydrogens is 300 g/mol. The van der Waals surface area contributed by atoms with Gasteiger partial charge in [-0.05, 0) is 37.1 Å². The highest BCUT2D eigenvalue weighted by Gasteiger charge is 2.35. The number of carbonyl (C=O) groups is 2. The Morgan fingerprint density at radius 3 is 2.33 bits per heavy atom. The van der Waals surface area contributed by atoms with Crippen molar-refractivity contribution in [3.05, 3.63) is 42.5 Å². The molecular formula is C20H22N2O2. The summed E-state index contributed by atoms with van der Waals surface area (Å²) in [6.07, 6.45) is 3.60. The maximum atomic E-state index is 12.6. The first kappa shape index (κ1) is 15.2. The van der Waals surface area contributed by atoms with E-state index in [1.165, 1.54) is 0 Å². The predicted octanol–water partition coefficient (Wildman–Crippen LogP) is 3.43. The molecule has 2 aliphatic rings. The van der Waals surface area contributed by atoms with Gasteiger partial charge in [-0.3, -0.25) is 9.59 Å². The number of carbonyl (C=O) groups excluding carboxylic acids is 2. The van der Waals surface area contributed by atoms with Gasteiger partial charge in [0.2, 0.25) is 11.8 Å². The van der Waals surface area contributed by atoms with E-state index in [2.05, 4.69) is 5.32 Å². The Morgan fingerprint density at radius 2 is 1.58 bits per heavy atom. The van der Waals surface area contributed by atoms with E-state index in [0.29, 0.717) is 19.0 Å². The van der Waals surface area contributed by atoms with Crippen LogP contribution in [0.15, 0.2) is 42.5 Å². The van der Waals surface area contributed by atoms with Crippen LogP contribution in [0.4, 0.5) is 5.69 Å². The smallest absolute Gasteiger partial charge is 0.227 e. The average Bonchev–Trinajstić information content (AvgIpc) is 3.47. The molecule has 0 radical (unpaired) electrons. The van der Waals surface area contributed by atoms with Crippen molar-refractivity contribution in [3.8, 4) is 0 Å². The van der Waals surface area contributed by atoms with Crippen LogP contribution < -0.4 is 5.32 Å². The van der Waals surface area contributed by atoms with Crippen molar-refractivity contribution >= 4 is 28.3 Å². The van der Waals surface area contributed by atoms with Gasteiger partial charge in [0.1, 0.15) is 0 Å². The van der Waals surface area contributed by atoms with Gasteiger partial charge in [0, 0.05) is 36.0 Å². The summed E-state index contributed by atoms with van der Waals surface area (Å²) < 4.78 is 0. The van der Waals surface area contributed by atoms with Crippen LogP contribution >= 0.6 is 0 Å². The fraction of sp³-hybridized carbons (Fsp3) is 0.400.